The summed E-state index contributed by atoms with van der Waals surface area (Å²) in [5.41, 5.74) is 4.43. The summed E-state index contributed by atoms with van der Waals surface area (Å²) in [7, 11) is 0. The van der Waals surface area contributed by atoms with E-state index in [1.807, 2.05) is 79.7 Å². The molecule has 4 rings (SSSR count). The second-order valence-electron chi connectivity index (χ2n) is 7.67. The zero-order valence-electron chi connectivity index (χ0n) is 17.5. The molecule has 154 valence electrons. The third-order valence-corrected chi connectivity index (χ3v) is 5.76. The van der Waals surface area contributed by atoms with Crippen molar-refractivity contribution < 1.29 is 9.59 Å². The molecule has 0 aliphatic rings. The van der Waals surface area contributed by atoms with Crippen molar-refractivity contribution in [2.75, 3.05) is 5.32 Å². The molecule has 0 aromatic heterocycles. The largest absolute Gasteiger partial charge is 0.325 e. The van der Waals surface area contributed by atoms with Crippen molar-refractivity contribution in [3.05, 3.63) is 113 Å². The maximum absolute atomic E-state index is 13.3. The summed E-state index contributed by atoms with van der Waals surface area (Å²) in [6.45, 7) is 2.04. The van der Waals surface area contributed by atoms with Crippen LogP contribution in [0.15, 0.2) is 91.0 Å². The fraction of sp³-hybridized carbons (Fsp3) is 0.143. The van der Waals surface area contributed by atoms with Crippen LogP contribution in [-0.4, -0.2) is 12.2 Å². The molecule has 0 fully saturated rings. The molecule has 4 aromatic rings. The predicted octanol–water partition coefficient (Wildman–Crippen LogP) is 6.38. The van der Waals surface area contributed by atoms with E-state index < -0.39 is 0 Å². The second-order valence-corrected chi connectivity index (χ2v) is 7.67. The lowest BCUT2D eigenvalue weighted by Crippen LogP contribution is -2.21. The minimum atomic E-state index is -0.249. The average molecular weight is 408 g/mol. The molecule has 3 nitrogen and oxygen atoms in total. The number of hydrogen-bond donors (Lipinski definition) is 1. The van der Waals surface area contributed by atoms with Crippen molar-refractivity contribution in [2.45, 2.75) is 25.7 Å². The molecule has 1 N–H and O–H groups in total. The van der Waals surface area contributed by atoms with Gasteiger partial charge in [-0.3, -0.25) is 9.59 Å². The first-order valence-electron chi connectivity index (χ1n) is 10.6. The molecule has 0 saturated carbocycles. The Kier molecular flexibility index (Phi) is 6.23. The first-order chi connectivity index (χ1) is 15.2. The van der Waals surface area contributed by atoms with Gasteiger partial charge in [0.1, 0.15) is 6.29 Å². The maximum atomic E-state index is 13.3. The summed E-state index contributed by atoms with van der Waals surface area (Å²) in [5.74, 6) is -0.267. The summed E-state index contributed by atoms with van der Waals surface area (Å²) >= 11 is 0. The highest BCUT2D eigenvalue weighted by molar-refractivity contribution is 6.00. The number of anilines is 1. The molecule has 0 radical (unpaired) electrons. The summed E-state index contributed by atoms with van der Waals surface area (Å²) in [4.78, 5) is 24.8. The summed E-state index contributed by atoms with van der Waals surface area (Å²) < 4.78 is 0. The first kappa shape index (κ1) is 20.5. The number of carbonyl (C=O) groups is 2. The number of nitrogens with one attached hydrogen (secondary N) is 1. The van der Waals surface area contributed by atoms with Crippen LogP contribution in [0.3, 0.4) is 0 Å². The third-order valence-electron chi connectivity index (χ3n) is 5.76. The van der Waals surface area contributed by atoms with Gasteiger partial charge >= 0.3 is 0 Å². The molecule has 0 bridgehead atoms. The second kappa shape index (κ2) is 9.40. The van der Waals surface area contributed by atoms with Gasteiger partial charge in [0.2, 0.25) is 5.91 Å². The van der Waals surface area contributed by atoms with Crippen LogP contribution in [0.5, 0.6) is 0 Å². The molecule has 0 heterocycles. The van der Waals surface area contributed by atoms with E-state index in [0.29, 0.717) is 18.4 Å². The minimum absolute atomic E-state index is 0.0185. The Morgan fingerprint density at radius 2 is 1.52 bits per heavy atom. The Morgan fingerprint density at radius 3 is 2.32 bits per heavy atom. The normalized spacial score (nSPS) is 11.8. The van der Waals surface area contributed by atoms with Crippen LogP contribution in [0.2, 0.25) is 0 Å². The number of aldehydes is 1. The monoisotopic (exact) mass is 407 g/mol. The van der Waals surface area contributed by atoms with E-state index in [4.69, 9.17) is 0 Å². The van der Waals surface area contributed by atoms with Crippen LogP contribution in [0.1, 0.15) is 46.3 Å². The molecular formula is C28H25NO2. The molecule has 1 amide bonds. The number of rotatable bonds is 7. The third kappa shape index (κ3) is 4.41. The lowest BCUT2D eigenvalue weighted by Gasteiger charge is -2.19. The zero-order chi connectivity index (χ0) is 21.6. The van der Waals surface area contributed by atoms with E-state index in [-0.39, 0.29) is 11.8 Å². The predicted molar refractivity (Wildman–Crippen MR) is 127 cm³/mol. The van der Waals surface area contributed by atoms with Crippen molar-refractivity contribution >= 4 is 28.7 Å². The number of benzene rings is 4. The summed E-state index contributed by atoms with van der Waals surface area (Å²) in [6.07, 6.45) is 2.16. The SMILES string of the molecule is CCC(C(=O)Nc1ccccc1Cc1ccccc1C=O)c1cccc2ccccc12. The molecule has 4 aromatic carbocycles. The summed E-state index contributed by atoms with van der Waals surface area (Å²) in [6, 6.07) is 29.6. The highest BCUT2D eigenvalue weighted by Crippen LogP contribution is 2.30. The van der Waals surface area contributed by atoms with Gasteiger partial charge in [-0.05, 0) is 39.9 Å². The Hall–Kier alpha value is -3.72. The van der Waals surface area contributed by atoms with Crippen LogP contribution in [0, 0.1) is 0 Å². The minimum Gasteiger partial charge on any atom is -0.325 e. The Morgan fingerprint density at radius 1 is 0.839 bits per heavy atom. The number of amides is 1. The number of fused-ring (bicyclic) bond motifs is 1. The van der Waals surface area contributed by atoms with Crippen LogP contribution in [0.4, 0.5) is 5.69 Å². The van der Waals surface area contributed by atoms with Crippen molar-refractivity contribution in [1.82, 2.24) is 0 Å². The van der Waals surface area contributed by atoms with Crippen molar-refractivity contribution in [1.29, 1.82) is 0 Å². The fourth-order valence-electron chi connectivity index (χ4n) is 4.13. The van der Waals surface area contributed by atoms with Gasteiger partial charge < -0.3 is 5.32 Å². The summed E-state index contributed by atoms with van der Waals surface area (Å²) in [5, 5.41) is 5.40. The Labute approximate surface area is 182 Å². The van der Waals surface area contributed by atoms with E-state index in [0.717, 1.165) is 39.4 Å². The first-order valence-corrected chi connectivity index (χ1v) is 10.6. The molecule has 0 aliphatic carbocycles. The van der Waals surface area contributed by atoms with E-state index in [9.17, 15) is 9.59 Å². The molecule has 0 spiro atoms. The molecule has 31 heavy (non-hydrogen) atoms. The Bertz CT molecular complexity index is 1220. The van der Waals surface area contributed by atoms with Gasteiger partial charge in [-0.2, -0.15) is 0 Å². The lowest BCUT2D eigenvalue weighted by molar-refractivity contribution is -0.117. The van der Waals surface area contributed by atoms with Gasteiger partial charge in [0.05, 0.1) is 5.92 Å². The van der Waals surface area contributed by atoms with Crippen molar-refractivity contribution in [3.8, 4) is 0 Å². The van der Waals surface area contributed by atoms with Gasteiger partial charge in [0, 0.05) is 17.7 Å². The standard InChI is InChI=1S/C28H25NO2/c1-2-24(26-16-9-14-20-10-5-7-15-25(20)26)28(31)29-27-17-8-6-12-22(27)18-21-11-3-4-13-23(21)19-30/h3-17,19,24H,2,18H2,1H3,(H,29,31). The average Bonchev–Trinajstić information content (AvgIpc) is 2.81. The zero-order valence-corrected chi connectivity index (χ0v) is 17.5. The van der Waals surface area contributed by atoms with Crippen LogP contribution in [-0.2, 0) is 11.2 Å². The van der Waals surface area contributed by atoms with Gasteiger partial charge in [-0.15, -0.1) is 0 Å². The highest BCUT2D eigenvalue weighted by Gasteiger charge is 2.21. The number of para-hydroxylation sites is 1. The van der Waals surface area contributed by atoms with Crippen LogP contribution >= 0.6 is 0 Å². The van der Waals surface area contributed by atoms with E-state index in [2.05, 4.69) is 23.5 Å². The smallest absolute Gasteiger partial charge is 0.231 e. The topological polar surface area (TPSA) is 46.2 Å². The van der Waals surface area contributed by atoms with E-state index in [1.54, 1.807) is 0 Å². The van der Waals surface area contributed by atoms with Gasteiger partial charge in [-0.25, -0.2) is 0 Å². The number of hydrogen-bond acceptors (Lipinski definition) is 2. The molecule has 3 heteroatoms. The quantitative estimate of drug-likeness (QED) is 0.362. The van der Waals surface area contributed by atoms with Gasteiger partial charge in [0.25, 0.3) is 0 Å². The van der Waals surface area contributed by atoms with Gasteiger partial charge in [-0.1, -0.05) is 91.9 Å². The molecule has 0 aliphatic heterocycles. The molecule has 1 unspecified atom stereocenters. The maximum Gasteiger partial charge on any atom is 0.231 e. The number of carbonyl (C=O) groups excluding carboxylic acids is 2. The van der Waals surface area contributed by atoms with Crippen molar-refractivity contribution in [2.24, 2.45) is 0 Å². The van der Waals surface area contributed by atoms with Crippen LogP contribution < -0.4 is 5.32 Å². The molecule has 1 atom stereocenters. The van der Waals surface area contributed by atoms with Gasteiger partial charge in [0.15, 0.2) is 0 Å². The van der Waals surface area contributed by atoms with Crippen molar-refractivity contribution in [3.63, 3.8) is 0 Å². The lowest BCUT2D eigenvalue weighted by atomic mass is 9.90. The molecule has 0 saturated heterocycles. The van der Waals surface area contributed by atoms with E-state index in [1.165, 1.54) is 0 Å². The fourth-order valence-corrected chi connectivity index (χ4v) is 4.13. The van der Waals surface area contributed by atoms with Crippen LogP contribution in [0.25, 0.3) is 10.8 Å². The molecular weight excluding hydrogens is 382 g/mol. The Balaban J connectivity index is 1.63. The van der Waals surface area contributed by atoms with E-state index >= 15 is 0 Å². The highest BCUT2D eigenvalue weighted by atomic mass is 16.1.